The normalized spacial score (nSPS) is 18.4. The number of hydrogen-bond donors (Lipinski definition) is 1. The molecule has 0 aliphatic heterocycles. The Kier molecular flexibility index (Phi) is 4.31. The molecule has 0 spiro atoms. The molecular formula is C13H16F3NO2. The Balaban J connectivity index is 1.93. The second-order valence-corrected chi connectivity index (χ2v) is 4.35. The minimum atomic E-state index is -4.60. The molecule has 1 unspecified atom stereocenters. The van der Waals surface area contributed by atoms with Crippen LogP contribution in [-0.2, 0) is 11.2 Å². The zero-order chi connectivity index (χ0) is 13.9. The van der Waals surface area contributed by atoms with Gasteiger partial charge in [0.2, 0.25) is 0 Å². The Morgan fingerprint density at radius 1 is 1.32 bits per heavy atom. The summed E-state index contributed by atoms with van der Waals surface area (Å²) in [7, 11) is 1.89. The van der Waals surface area contributed by atoms with E-state index in [1.165, 1.54) is 0 Å². The molecule has 1 atom stereocenters. The monoisotopic (exact) mass is 275 g/mol. The minimum absolute atomic E-state index is 0.111. The maximum atomic E-state index is 11.8. The van der Waals surface area contributed by atoms with Gasteiger partial charge < -0.3 is 10.1 Å². The van der Waals surface area contributed by atoms with Crippen LogP contribution in [0.2, 0.25) is 0 Å². The number of halogens is 3. The van der Waals surface area contributed by atoms with Crippen LogP contribution in [0.3, 0.4) is 0 Å². The second kappa shape index (κ2) is 5.79. The average molecular weight is 275 g/mol. The second-order valence-electron chi connectivity index (χ2n) is 4.35. The van der Waals surface area contributed by atoms with Crippen molar-refractivity contribution >= 4 is 0 Å². The van der Waals surface area contributed by atoms with Crippen LogP contribution >= 0.6 is 0 Å². The summed E-state index contributed by atoms with van der Waals surface area (Å²) < 4.78 is 44.5. The molecule has 1 aliphatic carbocycles. The van der Waals surface area contributed by atoms with E-state index in [0.29, 0.717) is 11.8 Å². The van der Waals surface area contributed by atoms with E-state index in [1.807, 2.05) is 19.2 Å². The summed E-state index contributed by atoms with van der Waals surface area (Å²) in [6.07, 6.45) is -2.75. The molecule has 2 rings (SSSR count). The third kappa shape index (κ3) is 3.61. The Hall–Kier alpha value is -1.27. The molecule has 0 bridgehead atoms. The number of benzene rings is 1. The fraction of sp³-hybridized carbons (Fsp3) is 0.538. The van der Waals surface area contributed by atoms with Crippen molar-refractivity contribution in [2.75, 3.05) is 20.3 Å². The van der Waals surface area contributed by atoms with Crippen LogP contribution in [-0.4, -0.2) is 26.6 Å². The summed E-state index contributed by atoms with van der Waals surface area (Å²) >= 11 is 0. The van der Waals surface area contributed by atoms with Gasteiger partial charge in [-0.3, -0.25) is 4.74 Å². The van der Waals surface area contributed by atoms with E-state index in [2.05, 4.69) is 10.1 Å². The van der Waals surface area contributed by atoms with E-state index in [4.69, 9.17) is 4.74 Å². The molecule has 1 aliphatic rings. The molecule has 1 aromatic rings. The zero-order valence-electron chi connectivity index (χ0n) is 10.6. The lowest BCUT2D eigenvalue weighted by atomic mass is 10.1. The van der Waals surface area contributed by atoms with Crippen molar-refractivity contribution in [2.24, 2.45) is 0 Å². The predicted molar refractivity (Wildman–Crippen MR) is 64.1 cm³/mol. The van der Waals surface area contributed by atoms with E-state index < -0.39 is 13.0 Å². The number of fused-ring (bicyclic) bond motifs is 1. The number of rotatable bonds is 5. The van der Waals surface area contributed by atoms with Crippen molar-refractivity contribution < 1.29 is 22.6 Å². The molecule has 0 heterocycles. The van der Waals surface area contributed by atoms with Gasteiger partial charge >= 0.3 is 6.36 Å². The fourth-order valence-corrected chi connectivity index (χ4v) is 2.36. The van der Waals surface area contributed by atoms with Crippen LogP contribution in [0.1, 0.15) is 23.6 Å². The van der Waals surface area contributed by atoms with Gasteiger partial charge in [-0.2, -0.15) is 0 Å². The first-order chi connectivity index (χ1) is 9.01. The molecule has 0 saturated carbocycles. The van der Waals surface area contributed by atoms with Crippen molar-refractivity contribution in [1.29, 1.82) is 0 Å². The average Bonchev–Trinajstić information content (AvgIpc) is 2.77. The number of nitrogens with one attached hydrogen (secondary N) is 1. The van der Waals surface area contributed by atoms with Crippen molar-refractivity contribution in [3.05, 3.63) is 29.3 Å². The topological polar surface area (TPSA) is 30.5 Å². The summed E-state index contributed by atoms with van der Waals surface area (Å²) in [4.78, 5) is 0. The van der Waals surface area contributed by atoms with Crippen LogP contribution < -0.4 is 10.1 Å². The van der Waals surface area contributed by atoms with Crippen LogP contribution in [0, 0.1) is 0 Å². The highest BCUT2D eigenvalue weighted by molar-refractivity contribution is 5.45. The summed E-state index contributed by atoms with van der Waals surface area (Å²) in [6, 6.07) is 5.95. The summed E-state index contributed by atoms with van der Waals surface area (Å²) in [5.74, 6) is 0.654. The summed E-state index contributed by atoms with van der Waals surface area (Å²) in [5.41, 5.74) is 2.24. The molecule has 0 radical (unpaired) electrons. The first-order valence-electron chi connectivity index (χ1n) is 6.14. The predicted octanol–water partition coefficient (Wildman–Crippen LogP) is 2.81. The Morgan fingerprint density at radius 2 is 2.11 bits per heavy atom. The highest BCUT2D eigenvalue weighted by Crippen LogP contribution is 2.36. The molecular weight excluding hydrogens is 259 g/mol. The third-order valence-corrected chi connectivity index (χ3v) is 3.18. The highest BCUT2D eigenvalue weighted by atomic mass is 19.4. The first-order valence-corrected chi connectivity index (χ1v) is 6.14. The molecule has 106 valence electrons. The molecule has 0 amide bonds. The van der Waals surface area contributed by atoms with Gasteiger partial charge in [0.25, 0.3) is 0 Å². The van der Waals surface area contributed by atoms with E-state index in [9.17, 15) is 13.2 Å². The third-order valence-electron chi connectivity index (χ3n) is 3.18. The van der Waals surface area contributed by atoms with E-state index in [1.54, 1.807) is 6.07 Å². The van der Waals surface area contributed by atoms with Gasteiger partial charge in [-0.05, 0) is 37.1 Å². The first kappa shape index (κ1) is 14.1. The van der Waals surface area contributed by atoms with Gasteiger partial charge in [0, 0.05) is 6.04 Å². The van der Waals surface area contributed by atoms with Crippen LogP contribution in [0.15, 0.2) is 18.2 Å². The van der Waals surface area contributed by atoms with Gasteiger partial charge in [0.15, 0.2) is 0 Å². The van der Waals surface area contributed by atoms with E-state index >= 15 is 0 Å². The van der Waals surface area contributed by atoms with Gasteiger partial charge in [-0.15, -0.1) is 13.2 Å². The number of alkyl halides is 3. The van der Waals surface area contributed by atoms with Crippen molar-refractivity contribution in [2.45, 2.75) is 25.2 Å². The molecule has 0 saturated heterocycles. The molecule has 19 heavy (non-hydrogen) atoms. The number of ether oxygens (including phenoxy) is 2. The fourth-order valence-electron chi connectivity index (χ4n) is 2.36. The molecule has 1 N–H and O–H groups in total. The molecule has 3 nitrogen and oxygen atoms in total. The molecule has 1 aromatic carbocycles. The maximum Gasteiger partial charge on any atom is 0.522 e. The lowest BCUT2D eigenvalue weighted by Crippen LogP contribution is -2.18. The van der Waals surface area contributed by atoms with Crippen LogP contribution in [0.4, 0.5) is 13.2 Å². The van der Waals surface area contributed by atoms with Gasteiger partial charge in [0.05, 0.1) is 6.61 Å². The Morgan fingerprint density at radius 3 is 2.79 bits per heavy atom. The lowest BCUT2D eigenvalue weighted by Gasteiger charge is -2.13. The van der Waals surface area contributed by atoms with Gasteiger partial charge in [0.1, 0.15) is 12.4 Å². The van der Waals surface area contributed by atoms with Crippen LogP contribution in [0.25, 0.3) is 0 Å². The minimum Gasteiger partial charge on any atom is -0.491 e. The SMILES string of the molecule is CNC1CCc2c(OCCOC(F)(F)F)cccc21. The zero-order valence-corrected chi connectivity index (χ0v) is 10.6. The van der Waals surface area contributed by atoms with Gasteiger partial charge in [-0.1, -0.05) is 12.1 Å². The quantitative estimate of drug-likeness (QED) is 0.838. The Labute approximate surface area is 109 Å². The van der Waals surface area contributed by atoms with Crippen molar-refractivity contribution in [1.82, 2.24) is 5.32 Å². The lowest BCUT2D eigenvalue weighted by molar-refractivity contribution is -0.325. The molecule has 6 heteroatoms. The smallest absolute Gasteiger partial charge is 0.491 e. The van der Waals surface area contributed by atoms with E-state index in [0.717, 1.165) is 24.0 Å². The van der Waals surface area contributed by atoms with Crippen LogP contribution in [0.5, 0.6) is 5.75 Å². The molecule has 0 fully saturated rings. The Bertz CT molecular complexity index is 434. The largest absolute Gasteiger partial charge is 0.522 e. The summed E-state index contributed by atoms with van der Waals surface area (Å²) in [6.45, 7) is -0.608. The van der Waals surface area contributed by atoms with Crippen molar-refractivity contribution in [3.63, 3.8) is 0 Å². The highest BCUT2D eigenvalue weighted by Gasteiger charge is 2.29. The van der Waals surface area contributed by atoms with Gasteiger partial charge in [-0.25, -0.2) is 0 Å². The molecule has 0 aromatic heterocycles. The van der Waals surface area contributed by atoms with E-state index in [-0.39, 0.29) is 6.61 Å². The standard InChI is InChI=1S/C13H16F3NO2/c1-17-11-6-5-10-9(11)3-2-4-12(10)18-7-8-19-13(14,15)16/h2-4,11,17H,5-8H2,1H3. The number of hydrogen-bond acceptors (Lipinski definition) is 3. The van der Waals surface area contributed by atoms with Crippen molar-refractivity contribution in [3.8, 4) is 5.75 Å². The maximum absolute atomic E-state index is 11.8. The summed E-state index contributed by atoms with van der Waals surface area (Å²) in [5, 5.41) is 3.21.